The molecule has 1 heterocycles. The lowest BCUT2D eigenvalue weighted by Gasteiger charge is -2.10. The summed E-state index contributed by atoms with van der Waals surface area (Å²) in [4.78, 5) is 15.3. The molecule has 1 aromatic rings. The molecule has 2 rings (SSSR count). The highest BCUT2D eigenvalue weighted by atomic mass is 16.6. The summed E-state index contributed by atoms with van der Waals surface area (Å²) in [6, 6.07) is 4.59. The van der Waals surface area contributed by atoms with Crippen molar-refractivity contribution in [1.82, 2.24) is 0 Å². The zero-order chi connectivity index (χ0) is 19.7. The zero-order valence-corrected chi connectivity index (χ0v) is 15.5. The molecule has 2 N–H and O–H groups in total. The number of carboxylic acids is 1. The van der Waals surface area contributed by atoms with Crippen LogP contribution in [0, 0.1) is 0 Å². The van der Waals surface area contributed by atoms with E-state index in [2.05, 4.69) is 4.99 Å². The fourth-order valence-corrected chi connectivity index (χ4v) is 2.20. The Kier molecular flexibility index (Phi) is 7.83. The molecule has 0 unspecified atom stereocenters. The maximum absolute atomic E-state index is 11.3. The summed E-state index contributed by atoms with van der Waals surface area (Å²) in [7, 11) is 1.61. The van der Waals surface area contributed by atoms with Gasteiger partial charge in [0.2, 0.25) is 5.90 Å². The predicted molar refractivity (Wildman–Crippen MR) is 95.6 cm³/mol. The van der Waals surface area contributed by atoms with Gasteiger partial charge in [-0.1, -0.05) is 0 Å². The molecule has 0 radical (unpaired) electrons. The molecule has 1 aromatic carbocycles. The molecule has 0 aromatic heterocycles. The number of rotatable bonds is 12. The fraction of sp³-hybridized carbons (Fsp3) is 0.556. The van der Waals surface area contributed by atoms with Gasteiger partial charge in [-0.3, -0.25) is 0 Å². The largest absolute Gasteiger partial charge is 0.507 e. The van der Waals surface area contributed by atoms with E-state index in [4.69, 9.17) is 23.7 Å². The van der Waals surface area contributed by atoms with E-state index in [1.807, 2.05) is 0 Å². The fourth-order valence-electron chi connectivity index (χ4n) is 2.20. The summed E-state index contributed by atoms with van der Waals surface area (Å²) < 4.78 is 26.5. The molecule has 0 saturated carbocycles. The minimum Gasteiger partial charge on any atom is -0.507 e. The molecule has 0 spiro atoms. The Morgan fingerprint density at radius 1 is 1.19 bits per heavy atom. The molecule has 0 bridgehead atoms. The van der Waals surface area contributed by atoms with Crippen molar-refractivity contribution >= 4 is 11.9 Å². The lowest BCUT2D eigenvalue weighted by atomic mass is 10.1. The third-order valence-electron chi connectivity index (χ3n) is 3.80. The van der Waals surface area contributed by atoms with Gasteiger partial charge in [0, 0.05) is 7.11 Å². The molecule has 1 aliphatic rings. The second kappa shape index (κ2) is 10.1. The molecule has 9 nitrogen and oxygen atoms in total. The van der Waals surface area contributed by atoms with Crippen molar-refractivity contribution in [3.05, 3.63) is 23.8 Å². The van der Waals surface area contributed by atoms with Crippen molar-refractivity contribution in [2.75, 3.05) is 53.4 Å². The number of hydrogen-bond donors (Lipinski definition) is 2. The van der Waals surface area contributed by atoms with E-state index in [1.54, 1.807) is 19.2 Å². The molecule has 1 atom stereocenters. The van der Waals surface area contributed by atoms with Gasteiger partial charge < -0.3 is 33.9 Å². The van der Waals surface area contributed by atoms with Crippen LogP contribution in [0.4, 0.5) is 0 Å². The highest BCUT2D eigenvalue weighted by molar-refractivity contribution is 6.00. The number of phenolic OH excluding ortho intramolecular Hbond substituents is 1. The first-order chi connectivity index (χ1) is 13.0. The summed E-state index contributed by atoms with van der Waals surface area (Å²) >= 11 is 0. The van der Waals surface area contributed by atoms with Crippen LogP contribution in [0.1, 0.15) is 12.5 Å². The number of carbonyl (C=O) groups is 1. The summed E-state index contributed by atoms with van der Waals surface area (Å²) in [6.07, 6.45) is 0. The first kappa shape index (κ1) is 20.9. The van der Waals surface area contributed by atoms with E-state index in [-0.39, 0.29) is 23.8 Å². The van der Waals surface area contributed by atoms with Crippen molar-refractivity contribution in [3.8, 4) is 11.5 Å². The third-order valence-corrected chi connectivity index (χ3v) is 3.80. The van der Waals surface area contributed by atoms with Crippen molar-refractivity contribution in [2.45, 2.75) is 12.5 Å². The Balaban J connectivity index is 1.81. The van der Waals surface area contributed by atoms with Crippen LogP contribution in [0.3, 0.4) is 0 Å². The zero-order valence-electron chi connectivity index (χ0n) is 15.5. The predicted octanol–water partition coefficient (Wildman–Crippen LogP) is 1.07. The molecule has 150 valence electrons. The third kappa shape index (κ3) is 6.09. The van der Waals surface area contributed by atoms with Gasteiger partial charge in [-0.05, 0) is 25.1 Å². The van der Waals surface area contributed by atoms with Crippen LogP contribution in [0.15, 0.2) is 23.2 Å². The minimum absolute atomic E-state index is 0.0693. The number of methoxy groups -OCH3 is 1. The summed E-state index contributed by atoms with van der Waals surface area (Å²) in [5.74, 6) is -0.599. The van der Waals surface area contributed by atoms with Crippen molar-refractivity contribution in [3.63, 3.8) is 0 Å². The van der Waals surface area contributed by atoms with Gasteiger partial charge >= 0.3 is 5.97 Å². The van der Waals surface area contributed by atoms with E-state index < -0.39 is 11.5 Å². The van der Waals surface area contributed by atoms with Crippen LogP contribution < -0.4 is 4.74 Å². The SMILES string of the molecule is COCCOCCOCCOc1ccc(O)c(C2=N[C@@](C)(C(=O)O)CO2)c1. The number of nitrogens with zero attached hydrogens (tertiary/aromatic N) is 1. The molecule has 27 heavy (non-hydrogen) atoms. The minimum atomic E-state index is -1.36. The van der Waals surface area contributed by atoms with Gasteiger partial charge in [-0.2, -0.15) is 0 Å². The van der Waals surface area contributed by atoms with Crippen LogP contribution in [0.2, 0.25) is 0 Å². The Bertz CT molecular complexity index is 663. The number of aliphatic carboxylic acids is 1. The standard InChI is InChI=1S/C18H25NO8/c1-18(17(21)22)12-27-16(19-18)14-11-13(3-4-15(14)20)26-10-9-25-8-7-24-6-5-23-2/h3-4,11,20H,5-10,12H2,1-2H3,(H,21,22)/t18-/m1/s1. The lowest BCUT2D eigenvalue weighted by molar-refractivity contribution is -0.142. The maximum atomic E-state index is 11.3. The Hall–Kier alpha value is -2.36. The van der Waals surface area contributed by atoms with Gasteiger partial charge in [0.1, 0.15) is 24.7 Å². The van der Waals surface area contributed by atoms with Gasteiger partial charge in [0.15, 0.2) is 5.54 Å². The molecule has 0 amide bonds. The van der Waals surface area contributed by atoms with Gasteiger partial charge in [0.25, 0.3) is 0 Å². The monoisotopic (exact) mass is 383 g/mol. The Labute approximate surface area is 157 Å². The summed E-state index contributed by atoms with van der Waals surface area (Å²) in [6.45, 7) is 4.05. The molecule has 1 aliphatic heterocycles. The number of ether oxygens (including phenoxy) is 5. The van der Waals surface area contributed by atoms with E-state index >= 15 is 0 Å². The average molecular weight is 383 g/mol. The Morgan fingerprint density at radius 2 is 1.85 bits per heavy atom. The second-order valence-corrected chi connectivity index (χ2v) is 6.03. The van der Waals surface area contributed by atoms with Gasteiger partial charge in [0.05, 0.1) is 38.6 Å². The number of aliphatic imine (C=N–C) groups is 1. The topological polar surface area (TPSA) is 116 Å². The normalized spacial score (nSPS) is 18.8. The number of aromatic hydroxyl groups is 1. The van der Waals surface area contributed by atoms with Crippen LogP contribution in [0.5, 0.6) is 11.5 Å². The quantitative estimate of drug-likeness (QED) is 0.515. The summed E-state index contributed by atoms with van der Waals surface area (Å²) in [5.41, 5.74) is -1.08. The highest BCUT2D eigenvalue weighted by Crippen LogP contribution is 2.29. The lowest BCUT2D eigenvalue weighted by Crippen LogP contribution is -2.34. The Morgan fingerprint density at radius 3 is 2.48 bits per heavy atom. The van der Waals surface area contributed by atoms with Crippen molar-refractivity contribution in [1.29, 1.82) is 0 Å². The second-order valence-electron chi connectivity index (χ2n) is 6.03. The van der Waals surface area contributed by atoms with Crippen LogP contribution >= 0.6 is 0 Å². The van der Waals surface area contributed by atoms with Crippen LogP contribution in [0.25, 0.3) is 0 Å². The smallest absolute Gasteiger partial charge is 0.335 e. The number of carboxylic acid groups (broad SMARTS) is 1. The van der Waals surface area contributed by atoms with Crippen LogP contribution in [-0.2, 0) is 23.7 Å². The number of hydrogen-bond acceptors (Lipinski definition) is 8. The maximum Gasteiger partial charge on any atom is 0.335 e. The molecule has 0 fully saturated rings. The number of benzene rings is 1. The van der Waals surface area contributed by atoms with E-state index in [0.717, 1.165) is 0 Å². The molecule has 0 aliphatic carbocycles. The van der Waals surface area contributed by atoms with Crippen molar-refractivity contribution < 1.29 is 38.7 Å². The molecular weight excluding hydrogens is 358 g/mol. The van der Waals surface area contributed by atoms with E-state index in [9.17, 15) is 15.0 Å². The first-order valence-electron chi connectivity index (χ1n) is 8.53. The van der Waals surface area contributed by atoms with Crippen LogP contribution in [-0.4, -0.2) is 81.0 Å². The average Bonchev–Trinajstić information content (AvgIpc) is 3.05. The number of phenols is 1. The first-order valence-corrected chi connectivity index (χ1v) is 8.53. The van der Waals surface area contributed by atoms with Gasteiger partial charge in [-0.15, -0.1) is 0 Å². The molecule has 9 heteroatoms. The highest BCUT2D eigenvalue weighted by Gasteiger charge is 2.40. The summed E-state index contributed by atoms with van der Waals surface area (Å²) in [5, 5.41) is 19.2. The van der Waals surface area contributed by atoms with Gasteiger partial charge in [-0.25, -0.2) is 9.79 Å². The van der Waals surface area contributed by atoms with E-state index in [1.165, 1.54) is 13.0 Å². The van der Waals surface area contributed by atoms with E-state index in [0.29, 0.717) is 45.4 Å². The molecule has 0 saturated heterocycles. The molecular formula is C18H25NO8. The van der Waals surface area contributed by atoms with Crippen molar-refractivity contribution in [2.24, 2.45) is 4.99 Å².